The van der Waals surface area contributed by atoms with E-state index in [4.69, 9.17) is 4.74 Å². The zero-order chi connectivity index (χ0) is 15.9. The number of nitrogens with zero attached hydrogens (tertiary/aromatic N) is 1. The minimum absolute atomic E-state index is 0.191. The highest BCUT2D eigenvalue weighted by Crippen LogP contribution is 2.09. The first-order valence-corrected chi connectivity index (χ1v) is 7.89. The van der Waals surface area contributed by atoms with E-state index >= 15 is 0 Å². The fourth-order valence-corrected chi connectivity index (χ4v) is 2.11. The lowest BCUT2D eigenvalue weighted by Crippen LogP contribution is -2.42. The van der Waals surface area contributed by atoms with Gasteiger partial charge in [-0.05, 0) is 54.8 Å². The molecule has 0 aliphatic rings. The Labute approximate surface area is 135 Å². The lowest BCUT2D eigenvalue weighted by atomic mass is 10.2. The Balaban J connectivity index is 2.36. The van der Waals surface area contributed by atoms with Gasteiger partial charge < -0.3 is 15.4 Å². The molecule has 118 valence electrons. The zero-order valence-corrected chi connectivity index (χ0v) is 14.7. The first-order valence-electron chi connectivity index (χ1n) is 7.10. The number of aromatic nitrogens is 1. The average molecular weight is 358 g/mol. The van der Waals surface area contributed by atoms with Gasteiger partial charge in [0, 0.05) is 36.0 Å². The SMILES string of the molecule is CCC(CNC(=O)OC(C)(C)C)NCc1cncc(Br)c1. The Morgan fingerprint density at radius 1 is 1.43 bits per heavy atom. The van der Waals surface area contributed by atoms with E-state index in [2.05, 4.69) is 38.5 Å². The maximum Gasteiger partial charge on any atom is 0.407 e. The molecule has 5 nitrogen and oxygen atoms in total. The maximum absolute atomic E-state index is 11.6. The van der Waals surface area contributed by atoms with Gasteiger partial charge in [-0.2, -0.15) is 0 Å². The van der Waals surface area contributed by atoms with Crippen LogP contribution in [0.1, 0.15) is 39.7 Å². The molecular formula is C15H24BrN3O2. The Bertz CT molecular complexity index is 460. The van der Waals surface area contributed by atoms with Crippen LogP contribution in [0.15, 0.2) is 22.9 Å². The first-order chi connectivity index (χ1) is 9.80. The van der Waals surface area contributed by atoms with Crippen molar-refractivity contribution in [1.29, 1.82) is 0 Å². The number of halogens is 1. The fraction of sp³-hybridized carbons (Fsp3) is 0.600. The number of carbonyl (C=O) groups excluding carboxylic acids is 1. The van der Waals surface area contributed by atoms with E-state index in [1.54, 1.807) is 6.20 Å². The highest BCUT2D eigenvalue weighted by Gasteiger charge is 2.16. The summed E-state index contributed by atoms with van der Waals surface area (Å²) in [6, 6.07) is 2.21. The summed E-state index contributed by atoms with van der Waals surface area (Å²) in [6.07, 6.45) is 4.11. The second kappa shape index (κ2) is 8.34. The van der Waals surface area contributed by atoms with Crippen LogP contribution in [0.5, 0.6) is 0 Å². The van der Waals surface area contributed by atoms with Crippen molar-refractivity contribution in [1.82, 2.24) is 15.6 Å². The van der Waals surface area contributed by atoms with E-state index in [0.29, 0.717) is 13.1 Å². The summed E-state index contributed by atoms with van der Waals surface area (Å²) in [5.41, 5.74) is 0.626. The average Bonchev–Trinajstić information content (AvgIpc) is 2.37. The zero-order valence-electron chi connectivity index (χ0n) is 13.1. The van der Waals surface area contributed by atoms with E-state index in [1.165, 1.54) is 0 Å². The molecule has 6 heteroatoms. The number of carbonyl (C=O) groups is 1. The third kappa shape index (κ3) is 8.02. The van der Waals surface area contributed by atoms with Crippen LogP contribution in [0.3, 0.4) is 0 Å². The van der Waals surface area contributed by atoms with Gasteiger partial charge in [0.2, 0.25) is 0 Å². The third-order valence-electron chi connectivity index (χ3n) is 2.74. The van der Waals surface area contributed by atoms with Crippen molar-refractivity contribution in [2.75, 3.05) is 6.54 Å². The lowest BCUT2D eigenvalue weighted by molar-refractivity contribution is 0.0522. The highest BCUT2D eigenvalue weighted by molar-refractivity contribution is 9.10. The summed E-state index contributed by atoms with van der Waals surface area (Å²) >= 11 is 3.40. The van der Waals surface area contributed by atoms with E-state index in [9.17, 15) is 4.79 Å². The molecule has 1 aromatic heterocycles. The van der Waals surface area contributed by atoms with E-state index in [0.717, 1.165) is 16.5 Å². The van der Waals surface area contributed by atoms with E-state index in [-0.39, 0.29) is 12.1 Å². The fourth-order valence-electron chi connectivity index (χ4n) is 1.70. The minimum Gasteiger partial charge on any atom is -0.444 e. The molecule has 0 aromatic carbocycles. The molecule has 0 spiro atoms. The first kappa shape index (κ1) is 17.9. The van der Waals surface area contributed by atoms with Gasteiger partial charge >= 0.3 is 6.09 Å². The molecular weight excluding hydrogens is 334 g/mol. The number of amides is 1. The van der Waals surface area contributed by atoms with Gasteiger partial charge in [0.15, 0.2) is 0 Å². The molecule has 0 saturated heterocycles. The van der Waals surface area contributed by atoms with Gasteiger partial charge in [0.1, 0.15) is 5.60 Å². The molecule has 1 atom stereocenters. The van der Waals surface area contributed by atoms with Crippen molar-refractivity contribution in [2.45, 2.75) is 52.3 Å². The van der Waals surface area contributed by atoms with Crippen molar-refractivity contribution in [3.05, 3.63) is 28.5 Å². The van der Waals surface area contributed by atoms with Crippen LogP contribution in [0.2, 0.25) is 0 Å². The minimum atomic E-state index is -0.471. The second-order valence-corrected chi connectivity index (χ2v) is 6.80. The molecule has 1 amide bonds. The standard InChI is InChI=1S/C15H24BrN3O2/c1-5-13(10-19-14(20)21-15(2,3)4)18-8-11-6-12(16)9-17-7-11/h6-7,9,13,18H,5,8,10H2,1-4H3,(H,19,20). The van der Waals surface area contributed by atoms with Crippen LogP contribution < -0.4 is 10.6 Å². The molecule has 0 saturated carbocycles. The van der Waals surface area contributed by atoms with Crippen LogP contribution in [0.4, 0.5) is 4.79 Å². The quantitative estimate of drug-likeness (QED) is 0.820. The summed E-state index contributed by atoms with van der Waals surface area (Å²) in [5, 5.41) is 6.19. The van der Waals surface area contributed by atoms with Crippen molar-refractivity contribution in [2.24, 2.45) is 0 Å². The number of nitrogens with one attached hydrogen (secondary N) is 2. The Morgan fingerprint density at radius 2 is 2.14 bits per heavy atom. The van der Waals surface area contributed by atoms with Gasteiger partial charge in [-0.1, -0.05) is 6.92 Å². The van der Waals surface area contributed by atoms with Crippen molar-refractivity contribution >= 4 is 22.0 Å². The normalized spacial score (nSPS) is 12.8. The molecule has 0 radical (unpaired) electrons. The predicted octanol–water partition coefficient (Wildman–Crippen LogP) is 3.24. The molecule has 1 rings (SSSR count). The molecule has 0 aliphatic heterocycles. The molecule has 1 unspecified atom stereocenters. The van der Waals surface area contributed by atoms with E-state index in [1.807, 2.05) is 33.0 Å². The Morgan fingerprint density at radius 3 is 2.71 bits per heavy atom. The van der Waals surface area contributed by atoms with Crippen LogP contribution in [-0.2, 0) is 11.3 Å². The summed E-state index contributed by atoms with van der Waals surface area (Å²) in [6.45, 7) is 8.87. The molecule has 0 bridgehead atoms. The van der Waals surface area contributed by atoms with Gasteiger partial charge in [-0.15, -0.1) is 0 Å². The van der Waals surface area contributed by atoms with Crippen molar-refractivity contribution < 1.29 is 9.53 Å². The summed E-state index contributed by atoms with van der Waals surface area (Å²) < 4.78 is 6.18. The number of pyridine rings is 1. The molecule has 0 aliphatic carbocycles. The second-order valence-electron chi connectivity index (χ2n) is 5.88. The molecule has 2 N–H and O–H groups in total. The number of rotatable bonds is 6. The van der Waals surface area contributed by atoms with Gasteiger partial charge in [-0.25, -0.2) is 4.79 Å². The molecule has 0 fully saturated rings. The summed E-state index contributed by atoms with van der Waals surface area (Å²) in [5.74, 6) is 0. The topological polar surface area (TPSA) is 63.2 Å². The third-order valence-corrected chi connectivity index (χ3v) is 3.17. The number of alkyl carbamates (subject to hydrolysis) is 1. The van der Waals surface area contributed by atoms with E-state index < -0.39 is 5.60 Å². The molecule has 1 aromatic rings. The molecule has 1 heterocycles. The summed E-state index contributed by atoms with van der Waals surface area (Å²) in [4.78, 5) is 15.7. The van der Waals surface area contributed by atoms with Gasteiger partial charge in [0.05, 0.1) is 0 Å². The number of ether oxygens (including phenoxy) is 1. The summed E-state index contributed by atoms with van der Waals surface area (Å²) in [7, 11) is 0. The van der Waals surface area contributed by atoms with Crippen molar-refractivity contribution in [3.63, 3.8) is 0 Å². The highest BCUT2D eigenvalue weighted by atomic mass is 79.9. The smallest absolute Gasteiger partial charge is 0.407 e. The van der Waals surface area contributed by atoms with Gasteiger partial charge in [0.25, 0.3) is 0 Å². The lowest BCUT2D eigenvalue weighted by Gasteiger charge is -2.22. The number of hydrogen-bond acceptors (Lipinski definition) is 4. The Kier molecular flexibility index (Phi) is 7.11. The number of hydrogen-bond donors (Lipinski definition) is 2. The maximum atomic E-state index is 11.6. The van der Waals surface area contributed by atoms with Crippen LogP contribution >= 0.6 is 15.9 Å². The van der Waals surface area contributed by atoms with Crippen LogP contribution in [0.25, 0.3) is 0 Å². The largest absolute Gasteiger partial charge is 0.444 e. The van der Waals surface area contributed by atoms with Crippen LogP contribution in [0, 0.1) is 0 Å². The van der Waals surface area contributed by atoms with Crippen LogP contribution in [-0.4, -0.2) is 29.3 Å². The van der Waals surface area contributed by atoms with Gasteiger partial charge in [-0.3, -0.25) is 4.98 Å². The molecule has 21 heavy (non-hydrogen) atoms. The van der Waals surface area contributed by atoms with Crippen molar-refractivity contribution in [3.8, 4) is 0 Å². The predicted molar refractivity (Wildman–Crippen MR) is 87.1 cm³/mol. The monoisotopic (exact) mass is 357 g/mol. The Hall–Kier alpha value is -1.14.